The molecule has 13 heavy (non-hydrogen) atoms. The fourth-order valence-electron chi connectivity index (χ4n) is 1.12. The van der Waals surface area contributed by atoms with Gasteiger partial charge in [0, 0.05) is 31.8 Å². The topological polar surface area (TPSA) is 25.8 Å². The highest BCUT2D eigenvalue weighted by Gasteiger charge is 2.10. The predicted molar refractivity (Wildman–Crippen MR) is 62.8 cm³/mol. The van der Waals surface area contributed by atoms with Crippen LogP contribution >= 0.6 is 33.9 Å². The Hall–Kier alpha value is -0.490. The van der Waals surface area contributed by atoms with Crippen molar-refractivity contribution in [2.75, 3.05) is 0 Å². The Balaban J connectivity index is 2.59. The van der Waals surface area contributed by atoms with Gasteiger partial charge in [0.2, 0.25) is 0 Å². The lowest BCUT2D eigenvalue weighted by Gasteiger charge is -1.97. The number of aromatic nitrogens is 2. The molecule has 0 saturated carbocycles. The number of hydrogen-bond acceptors (Lipinski definition) is 3. The van der Waals surface area contributed by atoms with Crippen molar-refractivity contribution in [3.8, 4) is 11.4 Å². The second kappa shape index (κ2) is 3.71. The minimum absolute atomic E-state index is 0.825. The molecular weight excluding hydrogens is 295 g/mol. The first kappa shape index (κ1) is 9.08. The van der Waals surface area contributed by atoms with E-state index in [9.17, 15) is 0 Å². The molecule has 0 aliphatic rings. The molecule has 0 aromatic carbocycles. The van der Waals surface area contributed by atoms with Crippen LogP contribution in [0.3, 0.4) is 0 Å². The van der Waals surface area contributed by atoms with Crippen molar-refractivity contribution < 1.29 is 0 Å². The van der Waals surface area contributed by atoms with E-state index in [1.165, 1.54) is 14.0 Å². The van der Waals surface area contributed by atoms with Crippen LogP contribution in [0.2, 0.25) is 0 Å². The Morgan fingerprint density at radius 1 is 1.31 bits per heavy atom. The fourth-order valence-corrected chi connectivity index (χ4v) is 3.05. The lowest BCUT2D eigenvalue weighted by atomic mass is 10.2. The van der Waals surface area contributed by atoms with Crippen molar-refractivity contribution >= 4 is 33.9 Å². The van der Waals surface area contributed by atoms with Crippen molar-refractivity contribution in [3.63, 3.8) is 0 Å². The molecule has 0 amide bonds. The second-order valence-electron chi connectivity index (χ2n) is 2.59. The third-order valence-electron chi connectivity index (χ3n) is 1.72. The number of rotatable bonds is 1. The fraction of sp³-hybridized carbons (Fsp3) is 0.111. The molecule has 2 aromatic rings. The standard InChI is InChI=1S/C9H7IN2S/c1-6-8(7(10)5-13-6)9-11-3-2-4-12-9/h2-5H,1H3. The van der Waals surface area contributed by atoms with E-state index in [1.807, 2.05) is 6.07 Å². The molecule has 0 spiro atoms. The maximum absolute atomic E-state index is 4.23. The molecule has 0 bridgehead atoms. The lowest BCUT2D eigenvalue weighted by Crippen LogP contribution is -1.87. The van der Waals surface area contributed by atoms with Crippen LogP contribution in [0.25, 0.3) is 11.4 Å². The summed E-state index contributed by atoms with van der Waals surface area (Å²) in [4.78, 5) is 9.74. The second-order valence-corrected chi connectivity index (χ2v) is 4.83. The summed E-state index contributed by atoms with van der Waals surface area (Å²) < 4.78 is 1.23. The molecule has 0 radical (unpaired) electrons. The van der Waals surface area contributed by atoms with Gasteiger partial charge in [0.1, 0.15) is 0 Å². The van der Waals surface area contributed by atoms with Crippen LogP contribution in [0.15, 0.2) is 23.8 Å². The smallest absolute Gasteiger partial charge is 0.161 e. The Morgan fingerprint density at radius 3 is 2.54 bits per heavy atom. The number of halogens is 1. The predicted octanol–water partition coefficient (Wildman–Crippen LogP) is 3.12. The van der Waals surface area contributed by atoms with Crippen LogP contribution in [-0.4, -0.2) is 9.97 Å². The van der Waals surface area contributed by atoms with Gasteiger partial charge >= 0.3 is 0 Å². The Labute approximate surface area is 94.2 Å². The molecule has 2 nitrogen and oxygen atoms in total. The van der Waals surface area contributed by atoms with Crippen molar-refractivity contribution in [1.82, 2.24) is 9.97 Å². The zero-order chi connectivity index (χ0) is 9.26. The summed E-state index contributed by atoms with van der Waals surface area (Å²) in [5.41, 5.74) is 1.17. The van der Waals surface area contributed by atoms with Gasteiger partial charge in [-0.15, -0.1) is 11.3 Å². The molecule has 0 aliphatic heterocycles. The van der Waals surface area contributed by atoms with Gasteiger partial charge in [-0.1, -0.05) is 0 Å². The number of hydrogen-bond donors (Lipinski definition) is 0. The Morgan fingerprint density at radius 2 is 2.00 bits per heavy atom. The molecule has 2 rings (SSSR count). The van der Waals surface area contributed by atoms with Gasteiger partial charge in [-0.3, -0.25) is 0 Å². The highest BCUT2D eigenvalue weighted by Crippen LogP contribution is 2.30. The maximum atomic E-state index is 4.23. The van der Waals surface area contributed by atoms with Crippen LogP contribution in [0, 0.1) is 10.5 Å². The summed E-state index contributed by atoms with van der Waals surface area (Å²) in [5, 5.41) is 2.13. The molecule has 0 saturated heterocycles. The third kappa shape index (κ3) is 1.73. The molecule has 2 heterocycles. The first-order valence-electron chi connectivity index (χ1n) is 3.80. The molecule has 2 aromatic heterocycles. The summed E-state index contributed by atoms with van der Waals surface area (Å²) in [7, 11) is 0. The van der Waals surface area contributed by atoms with Crippen LogP contribution in [-0.2, 0) is 0 Å². The van der Waals surface area contributed by atoms with E-state index in [2.05, 4.69) is 44.9 Å². The first-order valence-corrected chi connectivity index (χ1v) is 5.76. The van der Waals surface area contributed by atoms with Gasteiger partial charge in [-0.25, -0.2) is 9.97 Å². The van der Waals surface area contributed by atoms with Crippen molar-refractivity contribution in [3.05, 3.63) is 32.3 Å². The van der Waals surface area contributed by atoms with Gasteiger partial charge in [0.05, 0.1) is 0 Å². The van der Waals surface area contributed by atoms with Crippen molar-refractivity contribution in [2.24, 2.45) is 0 Å². The Bertz CT molecular complexity index is 391. The SMILES string of the molecule is Cc1scc(I)c1-c1ncccn1. The summed E-state index contributed by atoms with van der Waals surface area (Å²) >= 11 is 4.05. The van der Waals surface area contributed by atoms with E-state index in [-0.39, 0.29) is 0 Å². The molecule has 66 valence electrons. The average molecular weight is 302 g/mol. The van der Waals surface area contributed by atoms with Gasteiger partial charge in [-0.2, -0.15) is 0 Å². The van der Waals surface area contributed by atoms with E-state index in [4.69, 9.17) is 0 Å². The molecule has 0 aliphatic carbocycles. The first-order chi connectivity index (χ1) is 6.29. The average Bonchev–Trinajstić information content (AvgIpc) is 2.48. The number of aryl methyl sites for hydroxylation is 1. The monoisotopic (exact) mass is 302 g/mol. The minimum atomic E-state index is 0.825. The van der Waals surface area contributed by atoms with E-state index < -0.39 is 0 Å². The molecule has 0 fully saturated rings. The van der Waals surface area contributed by atoms with E-state index >= 15 is 0 Å². The van der Waals surface area contributed by atoms with Crippen LogP contribution in [0.5, 0.6) is 0 Å². The molecular formula is C9H7IN2S. The maximum Gasteiger partial charge on any atom is 0.161 e. The quantitative estimate of drug-likeness (QED) is 0.756. The summed E-state index contributed by atoms with van der Waals surface area (Å²) in [6.45, 7) is 2.10. The zero-order valence-electron chi connectivity index (χ0n) is 6.99. The normalized spacial score (nSPS) is 10.3. The minimum Gasteiger partial charge on any atom is -0.237 e. The van der Waals surface area contributed by atoms with Crippen molar-refractivity contribution in [1.29, 1.82) is 0 Å². The third-order valence-corrected chi connectivity index (χ3v) is 3.90. The van der Waals surface area contributed by atoms with Gasteiger partial charge in [-0.05, 0) is 35.6 Å². The van der Waals surface area contributed by atoms with Crippen molar-refractivity contribution in [2.45, 2.75) is 6.92 Å². The Kier molecular flexibility index (Phi) is 2.59. The number of nitrogens with zero attached hydrogens (tertiary/aromatic N) is 2. The van der Waals surface area contributed by atoms with Gasteiger partial charge in [0.15, 0.2) is 5.82 Å². The summed E-state index contributed by atoms with van der Waals surface area (Å²) in [6.07, 6.45) is 3.55. The van der Waals surface area contributed by atoms with Gasteiger partial charge in [0.25, 0.3) is 0 Å². The molecule has 0 unspecified atom stereocenters. The molecule has 0 atom stereocenters. The van der Waals surface area contributed by atoms with E-state index in [0.29, 0.717) is 0 Å². The van der Waals surface area contributed by atoms with Crippen LogP contribution in [0.1, 0.15) is 4.88 Å². The highest BCUT2D eigenvalue weighted by molar-refractivity contribution is 14.1. The lowest BCUT2D eigenvalue weighted by molar-refractivity contribution is 1.17. The van der Waals surface area contributed by atoms with E-state index in [1.54, 1.807) is 23.7 Å². The molecule has 4 heteroatoms. The molecule has 0 N–H and O–H groups in total. The van der Waals surface area contributed by atoms with E-state index in [0.717, 1.165) is 5.82 Å². The number of thiophene rings is 1. The van der Waals surface area contributed by atoms with Crippen LogP contribution < -0.4 is 0 Å². The summed E-state index contributed by atoms with van der Waals surface area (Å²) in [6, 6.07) is 1.83. The highest BCUT2D eigenvalue weighted by atomic mass is 127. The summed E-state index contributed by atoms with van der Waals surface area (Å²) in [5.74, 6) is 0.825. The zero-order valence-corrected chi connectivity index (χ0v) is 9.96. The van der Waals surface area contributed by atoms with Gasteiger partial charge < -0.3 is 0 Å². The largest absolute Gasteiger partial charge is 0.237 e. The van der Waals surface area contributed by atoms with Crippen LogP contribution in [0.4, 0.5) is 0 Å².